The quantitative estimate of drug-likeness (QED) is 0.902. The fourth-order valence-electron chi connectivity index (χ4n) is 3.29. The Kier molecular flexibility index (Phi) is 5.39. The summed E-state index contributed by atoms with van der Waals surface area (Å²) < 4.78 is 5.46. The molecular weight excluding hydrogens is 344 g/mol. The summed E-state index contributed by atoms with van der Waals surface area (Å²) in [4.78, 5) is 30.8. The van der Waals surface area contributed by atoms with Gasteiger partial charge in [-0.25, -0.2) is 4.79 Å². The summed E-state index contributed by atoms with van der Waals surface area (Å²) in [7, 11) is 3.88. The van der Waals surface area contributed by atoms with Crippen LogP contribution in [0, 0.1) is 13.8 Å². The lowest BCUT2D eigenvalue weighted by atomic mass is 10.2. The van der Waals surface area contributed by atoms with Crippen molar-refractivity contribution in [2.45, 2.75) is 13.8 Å². The zero-order chi connectivity index (χ0) is 19.6. The molecule has 0 spiro atoms. The number of furan rings is 1. The Morgan fingerprint density at radius 3 is 2.26 bits per heavy atom. The minimum atomic E-state index is -0.147. The summed E-state index contributed by atoms with van der Waals surface area (Å²) in [5.41, 5.74) is 2.33. The highest BCUT2D eigenvalue weighted by molar-refractivity contribution is 5.96. The van der Waals surface area contributed by atoms with Crippen molar-refractivity contribution in [1.82, 2.24) is 9.80 Å². The number of nitrogens with zero attached hydrogens (tertiary/aromatic N) is 3. The van der Waals surface area contributed by atoms with Gasteiger partial charge in [-0.15, -0.1) is 0 Å². The molecule has 3 amide bonds. The van der Waals surface area contributed by atoms with Gasteiger partial charge in [0, 0.05) is 40.3 Å². The van der Waals surface area contributed by atoms with Crippen LogP contribution in [0.5, 0.6) is 0 Å². The number of rotatable bonds is 3. The molecule has 1 aliphatic rings. The average molecular weight is 370 g/mol. The Bertz CT molecular complexity index is 836. The van der Waals surface area contributed by atoms with E-state index in [2.05, 4.69) is 5.32 Å². The van der Waals surface area contributed by atoms with Crippen LogP contribution in [0.3, 0.4) is 0 Å². The highest BCUT2D eigenvalue weighted by Gasteiger charge is 2.27. The van der Waals surface area contributed by atoms with Crippen LogP contribution in [0.1, 0.15) is 21.9 Å². The third-order valence-corrected chi connectivity index (χ3v) is 4.75. The highest BCUT2D eigenvalue weighted by Crippen LogP contribution is 2.24. The molecule has 0 atom stereocenters. The van der Waals surface area contributed by atoms with Crippen molar-refractivity contribution in [3.05, 3.63) is 47.4 Å². The van der Waals surface area contributed by atoms with E-state index in [9.17, 15) is 9.59 Å². The number of urea groups is 1. The van der Waals surface area contributed by atoms with Crippen molar-refractivity contribution in [3.63, 3.8) is 0 Å². The smallest absolute Gasteiger partial charge is 0.322 e. The molecule has 1 aromatic heterocycles. The minimum Gasteiger partial charge on any atom is -0.466 e. The molecule has 7 nitrogen and oxygen atoms in total. The van der Waals surface area contributed by atoms with Crippen molar-refractivity contribution >= 4 is 23.3 Å². The summed E-state index contributed by atoms with van der Waals surface area (Å²) in [6.07, 6.45) is 0. The number of hydrogen-bond acceptors (Lipinski definition) is 4. The summed E-state index contributed by atoms with van der Waals surface area (Å²) in [6, 6.07) is 9.31. The monoisotopic (exact) mass is 370 g/mol. The first-order valence-electron chi connectivity index (χ1n) is 9.05. The largest absolute Gasteiger partial charge is 0.466 e. The van der Waals surface area contributed by atoms with Crippen molar-refractivity contribution < 1.29 is 14.0 Å². The number of piperazine rings is 1. The Morgan fingerprint density at radius 1 is 1.04 bits per heavy atom. The van der Waals surface area contributed by atoms with Gasteiger partial charge in [-0.1, -0.05) is 12.1 Å². The standard InChI is InChI=1S/C20H26N4O3/c1-14-13-16(15(2)27-14)19(25)23-9-11-24(12-10-23)20(26)21-17-7-5-6-8-18(17)22(3)4/h5-8,13H,9-12H2,1-4H3,(H,21,26). The number of amides is 3. The molecule has 7 heteroatoms. The van der Waals surface area contributed by atoms with Crippen molar-refractivity contribution in [3.8, 4) is 0 Å². The molecular formula is C20H26N4O3. The second kappa shape index (κ2) is 7.73. The maximum absolute atomic E-state index is 12.7. The van der Waals surface area contributed by atoms with E-state index in [0.717, 1.165) is 17.1 Å². The van der Waals surface area contributed by atoms with Crippen LogP contribution < -0.4 is 10.2 Å². The molecule has 2 aromatic rings. The molecule has 1 N–H and O–H groups in total. The number of carbonyl (C=O) groups excluding carboxylic acids is 2. The molecule has 0 saturated carbocycles. The fourth-order valence-corrected chi connectivity index (χ4v) is 3.29. The maximum Gasteiger partial charge on any atom is 0.322 e. The molecule has 3 rings (SSSR count). The molecule has 1 saturated heterocycles. The van der Waals surface area contributed by atoms with Crippen molar-refractivity contribution in [2.24, 2.45) is 0 Å². The molecule has 0 radical (unpaired) electrons. The maximum atomic E-state index is 12.7. The van der Waals surface area contributed by atoms with Gasteiger partial charge in [0.05, 0.1) is 16.9 Å². The Balaban J connectivity index is 1.60. The van der Waals surface area contributed by atoms with Gasteiger partial charge < -0.3 is 24.4 Å². The summed E-state index contributed by atoms with van der Waals surface area (Å²) in [6.45, 7) is 5.63. The second-order valence-electron chi connectivity index (χ2n) is 6.95. The minimum absolute atomic E-state index is 0.0395. The first-order valence-corrected chi connectivity index (χ1v) is 9.05. The molecule has 1 fully saturated rings. The Morgan fingerprint density at radius 2 is 1.67 bits per heavy atom. The molecule has 0 aliphatic carbocycles. The zero-order valence-electron chi connectivity index (χ0n) is 16.3. The number of hydrogen-bond donors (Lipinski definition) is 1. The molecule has 1 aliphatic heterocycles. The van der Waals surface area contributed by atoms with Crippen molar-refractivity contribution in [2.75, 3.05) is 50.5 Å². The van der Waals surface area contributed by atoms with Crippen LogP contribution in [0.15, 0.2) is 34.7 Å². The molecule has 1 aromatic carbocycles. The number of carbonyl (C=O) groups is 2. The van der Waals surface area contributed by atoms with E-state index in [1.807, 2.05) is 50.2 Å². The van der Waals surface area contributed by atoms with Gasteiger partial charge in [0.1, 0.15) is 11.5 Å². The van der Waals surface area contributed by atoms with Gasteiger partial charge in [0.2, 0.25) is 0 Å². The van der Waals surface area contributed by atoms with Gasteiger partial charge in [0.25, 0.3) is 5.91 Å². The second-order valence-corrected chi connectivity index (χ2v) is 6.95. The predicted molar refractivity (Wildman–Crippen MR) is 105 cm³/mol. The van der Waals surface area contributed by atoms with E-state index >= 15 is 0 Å². The lowest BCUT2D eigenvalue weighted by Gasteiger charge is -2.34. The van der Waals surface area contributed by atoms with E-state index in [4.69, 9.17) is 4.42 Å². The fraction of sp³-hybridized carbons (Fsp3) is 0.400. The van der Waals surface area contributed by atoms with Gasteiger partial charge in [-0.05, 0) is 32.0 Å². The molecule has 0 unspecified atom stereocenters. The first kappa shape index (κ1) is 18.8. The van der Waals surface area contributed by atoms with Gasteiger partial charge in [0.15, 0.2) is 0 Å². The van der Waals surface area contributed by atoms with Crippen LogP contribution in [-0.4, -0.2) is 62.0 Å². The number of benzene rings is 1. The predicted octanol–water partition coefficient (Wildman–Crippen LogP) is 2.95. The van der Waals surface area contributed by atoms with Crippen LogP contribution in [0.4, 0.5) is 16.2 Å². The van der Waals surface area contributed by atoms with Crippen LogP contribution in [-0.2, 0) is 0 Å². The van der Waals surface area contributed by atoms with Gasteiger partial charge in [-0.3, -0.25) is 4.79 Å². The number of para-hydroxylation sites is 2. The van der Waals surface area contributed by atoms with Gasteiger partial charge in [-0.2, -0.15) is 0 Å². The van der Waals surface area contributed by atoms with Gasteiger partial charge >= 0.3 is 6.03 Å². The van der Waals surface area contributed by atoms with Crippen molar-refractivity contribution in [1.29, 1.82) is 0 Å². The van der Waals surface area contributed by atoms with Crippen LogP contribution in [0.25, 0.3) is 0 Å². The average Bonchev–Trinajstić information content (AvgIpc) is 2.99. The lowest BCUT2D eigenvalue weighted by molar-refractivity contribution is 0.0670. The topological polar surface area (TPSA) is 69.0 Å². The van der Waals surface area contributed by atoms with E-state index in [-0.39, 0.29) is 11.9 Å². The van der Waals surface area contributed by atoms with Crippen LogP contribution in [0.2, 0.25) is 0 Å². The molecule has 0 bridgehead atoms. The zero-order valence-corrected chi connectivity index (χ0v) is 16.3. The Hall–Kier alpha value is -2.96. The summed E-state index contributed by atoms with van der Waals surface area (Å²) in [5, 5.41) is 2.98. The highest BCUT2D eigenvalue weighted by atomic mass is 16.3. The number of nitrogens with one attached hydrogen (secondary N) is 1. The molecule has 2 heterocycles. The Labute approximate surface area is 159 Å². The first-order chi connectivity index (χ1) is 12.9. The van der Waals surface area contributed by atoms with E-state index in [1.54, 1.807) is 22.8 Å². The normalized spacial score (nSPS) is 14.2. The third-order valence-electron chi connectivity index (χ3n) is 4.75. The lowest BCUT2D eigenvalue weighted by Crippen LogP contribution is -2.51. The molecule has 27 heavy (non-hydrogen) atoms. The number of aryl methyl sites for hydroxylation is 2. The third kappa shape index (κ3) is 4.07. The summed E-state index contributed by atoms with van der Waals surface area (Å²) >= 11 is 0. The van der Waals surface area contributed by atoms with Crippen LogP contribution >= 0.6 is 0 Å². The molecule has 144 valence electrons. The SMILES string of the molecule is Cc1cc(C(=O)N2CCN(C(=O)Nc3ccccc3N(C)C)CC2)c(C)o1. The summed E-state index contributed by atoms with van der Waals surface area (Å²) in [5.74, 6) is 1.33. The number of anilines is 2. The van der Waals surface area contributed by atoms with E-state index in [1.165, 1.54) is 0 Å². The van der Waals surface area contributed by atoms with E-state index < -0.39 is 0 Å². The van der Waals surface area contributed by atoms with E-state index in [0.29, 0.717) is 37.5 Å².